The van der Waals surface area contributed by atoms with Gasteiger partial charge in [-0.2, -0.15) is 0 Å². The number of Topliss-reactive ketones (excluding diaryl/α,β-unsaturated/α-hetero) is 1. The van der Waals surface area contributed by atoms with Gasteiger partial charge in [0.1, 0.15) is 30.0 Å². The van der Waals surface area contributed by atoms with Crippen molar-refractivity contribution in [2.24, 2.45) is 0 Å². The Morgan fingerprint density at radius 1 is 1.05 bits per heavy atom. The fraction of sp³-hybridized carbons (Fsp3) is 0.147. The average molecular weight is 609 g/mol. The van der Waals surface area contributed by atoms with E-state index in [0.717, 1.165) is 21.6 Å². The van der Waals surface area contributed by atoms with Crippen LogP contribution in [-0.2, 0) is 22.6 Å². The number of hydrogen-bond donors (Lipinski definition) is 1. The zero-order valence-corrected chi connectivity index (χ0v) is 24.6. The van der Waals surface area contributed by atoms with Crippen molar-refractivity contribution in [3.8, 4) is 11.5 Å². The minimum Gasteiger partial charge on any atom is -0.507 e. The van der Waals surface area contributed by atoms with Gasteiger partial charge < -0.3 is 14.6 Å². The van der Waals surface area contributed by atoms with Gasteiger partial charge in [0.05, 0.1) is 21.8 Å². The summed E-state index contributed by atoms with van der Waals surface area (Å²) in [6, 6.07) is 26.6. The van der Waals surface area contributed by atoms with E-state index >= 15 is 0 Å². The number of aliphatic hydroxyl groups excluding tert-OH is 1. The lowest BCUT2D eigenvalue weighted by Crippen LogP contribution is -2.29. The summed E-state index contributed by atoms with van der Waals surface area (Å²) in [5.74, 6) is -0.511. The first-order chi connectivity index (χ1) is 20.9. The van der Waals surface area contributed by atoms with Crippen molar-refractivity contribution in [3.05, 3.63) is 124 Å². The highest BCUT2D eigenvalue weighted by Crippen LogP contribution is 2.45. The molecule has 0 bridgehead atoms. The predicted molar refractivity (Wildman–Crippen MR) is 167 cm³/mol. The number of benzene rings is 4. The van der Waals surface area contributed by atoms with Gasteiger partial charge in [-0.1, -0.05) is 65.4 Å². The maximum Gasteiger partial charge on any atom is 0.301 e. The first-order valence-electron chi connectivity index (χ1n) is 13.8. The van der Waals surface area contributed by atoms with Crippen LogP contribution in [0.25, 0.3) is 16.0 Å². The molecule has 1 saturated heterocycles. The van der Waals surface area contributed by atoms with Gasteiger partial charge in [-0.15, -0.1) is 0 Å². The van der Waals surface area contributed by atoms with Crippen molar-refractivity contribution in [3.63, 3.8) is 0 Å². The van der Waals surface area contributed by atoms with Crippen molar-refractivity contribution >= 4 is 55.7 Å². The molecule has 2 aliphatic rings. The second kappa shape index (κ2) is 10.9. The molecule has 4 aromatic carbocycles. The maximum atomic E-state index is 13.7. The molecule has 0 radical (unpaired) electrons. The molecular formula is C34H25ClN2O5S. The number of carbonyl (C=O) groups excluding carboxylic acids is 2. The fourth-order valence-corrected chi connectivity index (χ4v) is 6.84. The van der Waals surface area contributed by atoms with Crippen LogP contribution in [0, 0.1) is 0 Å². The molecule has 1 amide bonds. The first kappa shape index (κ1) is 27.2. The van der Waals surface area contributed by atoms with Gasteiger partial charge in [0.15, 0.2) is 5.13 Å². The Labute approximate surface area is 256 Å². The minimum atomic E-state index is -0.945. The van der Waals surface area contributed by atoms with Crippen LogP contribution in [-0.4, -0.2) is 27.9 Å². The largest absolute Gasteiger partial charge is 0.507 e. The molecule has 1 fully saturated rings. The number of carbonyl (C=O) groups is 2. The van der Waals surface area contributed by atoms with E-state index in [1.165, 1.54) is 16.2 Å². The number of aromatic nitrogens is 1. The highest BCUT2D eigenvalue weighted by molar-refractivity contribution is 7.22. The Kier molecular flexibility index (Phi) is 6.88. The number of aliphatic hydroxyl groups is 1. The third-order valence-corrected chi connectivity index (χ3v) is 8.83. The van der Waals surface area contributed by atoms with Crippen LogP contribution in [0.15, 0.2) is 96.6 Å². The van der Waals surface area contributed by atoms with E-state index in [-0.39, 0.29) is 17.4 Å². The van der Waals surface area contributed by atoms with Crippen molar-refractivity contribution in [2.45, 2.75) is 32.1 Å². The van der Waals surface area contributed by atoms with E-state index in [2.05, 4.69) is 4.98 Å². The monoisotopic (exact) mass is 608 g/mol. The molecule has 7 rings (SSSR count). The van der Waals surface area contributed by atoms with Crippen molar-refractivity contribution < 1.29 is 24.2 Å². The molecule has 9 heteroatoms. The fourth-order valence-electron chi connectivity index (χ4n) is 5.57. The van der Waals surface area contributed by atoms with Crippen LogP contribution < -0.4 is 14.4 Å². The van der Waals surface area contributed by atoms with Crippen LogP contribution >= 0.6 is 22.9 Å². The second-order valence-corrected chi connectivity index (χ2v) is 12.0. The van der Waals surface area contributed by atoms with Gasteiger partial charge in [-0.3, -0.25) is 14.5 Å². The van der Waals surface area contributed by atoms with Gasteiger partial charge in [-0.05, 0) is 72.1 Å². The summed E-state index contributed by atoms with van der Waals surface area (Å²) in [5.41, 5.74) is 3.60. The standard InChI is InChI=1S/C34H25ClN2O5S/c1-19-14-23-15-22(10-13-27(23)42-19)31(38)29-30(21-8-5-9-25(16-21)41-18-20-6-3-2-4-7-20)37(33(40)32(29)39)34-36-26-12-11-24(35)17-28(26)43-34/h2-13,15-17,19,30,38H,14,18H2,1H3/b31-29+/t19-,30+/m0/s1. The summed E-state index contributed by atoms with van der Waals surface area (Å²) in [6.45, 7) is 2.32. The van der Waals surface area contributed by atoms with Crippen molar-refractivity contribution in [2.75, 3.05) is 4.90 Å². The third-order valence-electron chi connectivity index (χ3n) is 7.58. The van der Waals surface area contributed by atoms with E-state index in [1.807, 2.05) is 61.5 Å². The average Bonchev–Trinajstić information content (AvgIpc) is 3.68. The van der Waals surface area contributed by atoms with Crippen LogP contribution in [0.5, 0.6) is 11.5 Å². The zero-order chi connectivity index (χ0) is 29.7. The van der Waals surface area contributed by atoms with E-state index in [0.29, 0.717) is 45.6 Å². The molecule has 3 heterocycles. The van der Waals surface area contributed by atoms with Crippen LogP contribution in [0.3, 0.4) is 0 Å². The molecule has 0 saturated carbocycles. The number of nitrogens with zero attached hydrogens (tertiary/aromatic N) is 2. The molecule has 43 heavy (non-hydrogen) atoms. The van der Waals surface area contributed by atoms with Crippen LogP contribution in [0.2, 0.25) is 5.02 Å². The first-order valence-corrected chi connectivity index (χ1v) is 15.0. The quantitative estimate of drug-likeness (QED) is 0.122. The number of fused-ring (bicyclic) bond motifs is 2. The summed E-state index contributed by atoms with van der Waals surface area (Å²) in [5, 5.41) is 12.5. The van der Waals surface area contributed by atoms with E-state index in [1.54, 1.807) is 36.4 Å². The Hall–Kier alpha value is -4.66. The number of anilines is 1. The van der Waals surface area contributed by atoms with Crippen molar-refractivity contribution in [1.82, 2.24) is 4.98 Å². The van der Waals surface area contributed by atoms with Gasteiger partial charge >= 0.3 is 5.91 Å². The van der Waals surface area contributed by atoms with Crippen LogP contribution in [0.4, 0.5) is 5.13 Å². The molecule has 0 aliphatic carbocycles. The number of thiazole rings is 1. The lowest BCUT2D eigenvalue weighted by Gasteiger charge is -2.23. The molecule has 214 valence electrons. The molecule has 2 atom stereocenters. The summed E-state index contributed by atoms with van der Waals surface area (Å²) in [7, 11) is 0. The predicted octanol–water partition coefficient (Wildman–Crippen LogP) is 7.48. The van der Waals surface area contributed by atoms with Crippen molar-refractivity contribution in [1.29, 1.82) is 0 Å². The SMILES string of the molecule is C[C@H]1Cc2cc(/C(O)=C3\C(=O)C(=O)N(c4nc5ccc(Cl)cc5s4)[C@@H]3c3cccc(OCc4ccccc4)c3)ccc2O1. The van der Waals surface area contributed by atoms with Gasteiger partial charge in [0.25, 0.3) is 5.78 Å². The van der Waals surface area contributed by atoms with Gasteiger partial charge in [0.2, 0.25) is 0 Å². The smallest absolute Gasteiger partial charge is 0.301 e. The highest BCUT2D eigenvalue weighted by atomic mass is 35.5. The molecule has 2 aliphatic heterocycles. The Morgan fingerprint density at radius 2 is 1.88 bits per heavy atom. The number of ketones is 1. The molecular weight excluding hydrogens is 584 g/mol. The Balaban J connectivity index is 1.35. The molecule has 1 aromatic heterocycles. The van der Waals surface area contributed by atoms with Gasteiger partial charge in [0, 0.05) is 17.0 Å². The molecule has 0 unspecified atom stereocenters. The number of rotatable bonds is 6. The normalized spacial score (nSPS) is 19.1. The summed E-state index contributed by atoms with van der Waals surface area (Å²) < 4.78 is 12.7. The lowest BCUT2D eigenvalue weighted by molar-refractivity contribution is -0.132. The molecule has 1 N–H and O–H groups in total. The Morgan fingerprint density at radius 3 is 2.72 bits per heavy atom. The summed E-state index contributed by atoms with van der Waals surface area (Å²) in [4.78, 5) is 33.5. The molecule has 0 spiro atoms. The van der Waals surface area contributed by atoms with E-state index in [4.69, 9.17) is 21.1 Å². The summed E-state index contributed by atoms with van der Waals surface area (Å²) >= 11 is 7.47. The molecule has 5 aromatic rings. The maximum absolute atomic E-state index is 13.7. The highest BCUT2D eigenvalue weighted by Gasteiger charge is 2.48. The zero-order valence-electron chi connectivity index (χ0n) is 23.0. The number of hydrogen-bond acceptors (Lipinski definition) is 7. The third kappa shape index (κ3) is 5.02. The Bertz CT molecular complexity index is 1940. The number of amides is 1. The lowest BCUT2D eigenvalue weighted by atomic mass is 9.94. The van der Waals surface area contributed by atoms with E-state index in [9.17, 15) is 14.7 Å². The number of halogens is 1. The molecule has 7 nitrogen and oxygen atoms in total. The van der Waals surface area contributed by atoms with Crippen LogP contribution in [0.1, 0.15) is 35.2 Å². The van der Waals surface area contributed by atoms with E-state index < -0.39 is 17.7 Å². The second-order valence-electron chi connectivity index (χ2n) is 10.6. The topological polar surface area (TPSA) is 89.0 Å². The number of ether oxygens (including phenoxy) is 2. The summed E-state index contributed by atoms with van der Waals surface area (Å²) in [6.07, 6.45) is 0.702. The minimum absolute atomic E-state index is 0.0177. The van der Waals surface area contributed by atoms with Gasteiger partial charge in [-0.25, -0.2) is 4.98 Å².